The largest absolute Gasteiger partial charge is 0.545 e. The maximum atomic E-state index is 13.3. The summed E-state index contributed by atoms with van der Waals surface area (Å²) in [5.41, 5.74) is 1.57. The van der Waals surface area contributed by atoms with Crippen LogP contribution in [0.25, 0.3) is 0 Å². The van der Waals surface area contributed by atoms with Crippen molar-refractivity contribution < 1.29 is 23.1 Å². The van der Waals surface area contributed by atoms with E-state index in [2.05, 4.69) is 10.0 Å². The number of hydrogen-bond acceptors (Lipinski definition) is 6. The van der Waals surface area contributed by atoms with Gasteiger partial charge in [-0.25, -0.2) is 8.42 Å². The van der Waals surface area contributed by atoms with Crippen LogP contribution >= 0.6 is 11.6 Å². The van der Waals surface area contributed by atoms with Gasteiger partial charge in [0.1, 0.15) is 5.78 Å². The first-order valence-corrected chi connectivity index (χ1v) is 14.1. The average Bonchev–Trinajstić information content (AvgIpc) is 2.93. The molecule has 0 radical (unpaired) electrons. The Labute approximate surface area is 232 Å². The molecule has 4 aromatic rings. The molecule has 0 fully saturated rings. The lowest BCUT2D eigenvalue weighted by atomic mass is 9.88. The first kappa shape index (κ1) is 27.9. The number of ketones is 1. The zero-order valence-electron chi connectivity index (χ0n) is 20.8. The fourth-order valence-corrected chi connectivity index (χ4v) is 5.71. The summed E-state index contributed by atoms with van der Waals surface area (Å²) in [5.74, 6) is -2.06. The molecule has 0 aromatic heterocycles. The van der Waals surface area contributed by atoms with Gasteiger partial charge in [0.25, 0.3) is 10.0 Å². The Balaban J connectivity index is 1.54. The molecule has 0 bridgehead atoms. The molecule has 0 saturated heterocycles. The molecule has 2 N–H and O–H groups in total. The standard InChI is InChI=1S/C30H27ClN2O5S/c31-23-14-16-24(17-15-23)33-39(37,38)28-13-7-12-26(29(28)30(35)36)32-19-18-25(22-10-5-2-6-11-22)27(34)20-21-8-3-1-4-9-21/h1-17,25,32-33H,18-20H2,(H,35,36)/p-1. The Morgan fingerprint density at radius 2 is 1.46 bits per heavy atom. The minimum Gasteiger partial charge on any atom is -0.545 e. The van der Waals surface area contributed by atoms with Crippen molar-refractivity contribution in [3.63, 3.8) is 0 Å². The van der Waals surface area contributed by atoms with Crippen LogP contribution in [0.5, 0.6) is 0 Å². The Hall–Kier alpha value is -4.14. The van der Waals surface area contributed by atoms with Crippen molar-refractivity contribution in [1.82, 2.24) is 0 Å². The molecule has 1 atom stereocenters. The molecule has 9 heteroatoms. The van der Waals surface area contributed by atoms with Crippen LogP contribution in [-0.2, 0) is 21.2 Å². The van der Waals surface area contributed by atoms with E-state index in [-0.39, 0.29) is 30.1 Å². The van der Waals surface area contributed by atoms with Crippen molar-refractivity contribution in [2.24, 2.45) is 0 Å². The fraction of sp³-hybridized carbons (Fsp3) is 0.133. The van der Waals surface area contributed by atoms with Crippen molar-refractivity contribution in [2.45, 2.75) is 23.7 Å². The lowest BCUT2D eigenvalue weighted by Gasteiger charge is -2.20. The van der Waals surface area contributed by atoms with Gasteiger partial charge in [0.15, 0.2) is 0 Å². The van der Waals surface area contributed by atoms with E-state index in [0.29, 0.717) is 11.4 Å². The van der Waals surface area contributed by atoms with Gasteiger partial charge in [-0.2, -0.15) is 0 Å². The monoisotopic (exact) mass is 561 g/mol. The summed E-state index contributed by atoms with van der Waals surface area (Å²) in [5, 5.41) is 15.5. The van der Waals surface area contributed by atoms with Crippen LogP contribution in [-0.4, -0.2) is 26.7 Å². The van der Waals surface area contributed by atoms with Gasteiger partial charge in [-0.05, 0) is 53.9 Å². The average molecular weight is 562 g/mol. The van der Waals surface area contributed by atoms with E-state index >= 15 is 0 Å². The summed E-state index contributed by atoms with van der Waals surface area (Å²) in [4.78, 5) is 24.9. The molecule has 0 saturated carbocycles. The first-order valence-electron chi connectivity index (χ1n) is 12.2. The van der Waals surface area contributed by atoms with Gasteiger partial charge in [-0.15, -0.1) is 0 Å². The topological polar surface area (TPSA) is 115 Å². The highest BCUT2D eigenvalue weighted by Gasteiger charge is 2.23. The van der Waals surface area contributed by atoms with E-state index < -0.39 is 32.4 Å². The lowest BCUT2D eigenvalue weighted by Crippen LogP contribution is -2.28. The number of halogens is 1. The van der Waals surface area contributed by atoms with Crippen LogP contribution in [0.4, 0.5) is 11.4 Å². The molecule has 1 unspecified atom stereocenters. The summed E-state index contributed by atoms with van der Waals surface area (Å²) < 4.78 is 28.5. The van der Waals surface area contributed by atoms with E-state index in [4.69, 9.17) is 11.6 Å². The molecule has 4 rings (SSSR count). The van der Waals surface area contributed by atoms with E-state index in [1.807, 2.05) is 60.7 Å². The van der Waals surface area contributed by atoms with Gasteiger partial charge >= 0.3 is 0 Å². The predicted octanol–water partition coefficient (Wildman–Crippen LogP) is 4.90. The van der Waals surface area contributed by atoms with E-state index in [9.17, 15) is 23.1 Å². The van der Waals surface area contributed by atoms with Crippen LogP contribution < -0.4 is 15.1 Å². The number of carbonyl (C=O) groups is 2. The van der Waals surface area contributed by atoms with Crippen molar-refractivity contribution >= 4 is 44.8 Å². The Morgan fingerprint density at radius 1 is 0.821 bits per heavy atom. The van der Waals surface area contributed by atoms with Gasteiger partial charge in [0.05, 0.1) is 10.9 Å². The summed E-state index contributed by atoms with van der Waals surface area (Å²) in [7, 11) is -4.26. The maximum absolute atomic E-state index is 13.3. The van der Waals surface area contributed by atoms with Gasteiger partial charge in [0.2, 0.25) is 0 Å². The number of hydrogen-bond donors (Lipinski definition) is 2. The number of carboxylic acid groups (broad SMARTS) is 1. The smallest absolute Gasteiger partial charge is 0.262 e. The lowest BCUT2D eigenvalue weighted by molar-refractivity contribution is -0.255. The quantitative estimate of drug-likeness (QED) is 0.254. The molecule has 4 aromatic carbocycles. The number of carboxylic acids is 1. The highest BCUT2D eigenvalue weighted by atomic mass is 35.5. The number of aromatic carboxylic acids is 1. The van der Waals surface area contributed by atoms with Crippen molar-refractivity contribution in [1.29, 1.82) is 0 Å². The Bertz CT molecular complexity index is 1540. The molecule has 0 aliphatic rings. The summed E-state index contributed by atoms with van der Waals surface area (Å²) in [6, 6.07) is 28.9. The predicted molar refractivity (Wildman–Crippen MR) is 150 cm³/mol. The van der Waals surface area contributed by atoms with Crippen LogP contribution in [0.2, 0.25) is 5.02 Å². The van der Waals surface area contributed by atoms with Crippen molar-refractivity contribution in [3.8, 4) is 0 Å². The highest BCUT2D eigenvalue weighted by molar-refractivity contribution is 7.92. The molecular formula is C30H26ClN2O5S-. The third kappa shape index (κ3) is 7.25. The SMILES string of the molecule is O=C([O-])c1c(NCCC(C(=O)Cc2ccccc2)c2ccccc2)cccc1S(=O)(=O)Nc1ccc(Cl)cc1. The second-order valence-electron chi connectivity index (χ2n) is 8.89. The molecule has 0 aliphatic carbocycles. The van der Waals surface area contributed by atoms with Crippen LogP contribution in [0.1, 0.15) is 33.8 Å². The minimum absolute atomic E-state index is 0.0258. The number of anilines is 2. The summed E-state index contributed by atoms with van der Waals surface area (Å²) in [6.45, 7) is 0.217. The third-order valence-corrected chi connectivity index (χ3v) is 7.85. The van der Waals surface area contributed by atoms with Gasteiger partial charge in [-0.3, -0.25) is 9.52 Å². The highest BCUT2D eigenvalue weighted by Crippen LogP contribution is 2.28. The van der Waals surface area contributed by atoms with Crippen molar-refractivity contribution in [2.75, 3.05) is 16.6 Å². The number of rotatable bonds is 12. The molecule has 0 spiro atoms. The molecule has 0 aliphatic heterocycles. The maximum Gasteiger partial charge on any atom is 0.262 e. The van der Waals surface area contributed by atoms with Gasteiger partial charge < -0.3 is 15.2 Å². The van der Waals surface area contributed by atoms with E-state index in [0.717, 1.165) is 11.1 Å². The number of carbonyl (C=O) groups excluding carboxylic acids is 2. The molecular weight excluding hydrogens is 536 g/mol. The van der Waals surface area contributed by atoms with E-state index in [1.165, 1.54) is 42.5 Å². The molecule has 7 nitrogen and oxygen atoms in total. The second kappa shape index (κ2) is 12.6. The summed E-state index contributed by atoms with van der Waals surface area (Å²) in [6.07, 6.45) is 0.622. The molecule has 0 heterocycles. The zero-order chi connectivity index (χ0) is 27.8. The molecule has 200 valence electrons. The van der Waals surface area contributed by atoms with Crippen LogP contribution in [0.3, 0.4) is 0 Å². The Kier molecular flexibility index (Phi) is 9.01. The van der Waals surface area contributed by atoms with Crippen molar-refractivity contribution in [3.05, 3.63) is 125 Å². The number of Topliss-reactive ketones (excluding diaryl/α,β-unsaturated/α-hetero) is 1. The van der Waals surface area contributed by atoms with E-state index in [1.54, 1.807) is 0 Å². The second-order valence-corrected chi connectivity index (χ2v) is 11.0. The molecule has 39 heavy (non-hydrogen) atoms. The molecule has 0 amide bonds. The number of benzene rings is 4. The number of nitrogens with one attached hydrogen (secondary N) is 2. The number of sulfonamides is 1. The summed E-state index contributed by atoms with van der Waals surface area (Å²) >= 11 is 5.86. The fourth-order valence-electron chi connectivity index (χ4n) is 4.31. The van der Waals surface area contributed by atoms with Gasteiger partial charge in [0, 0.05) is 40.8 Å². The normalized spacial score (nSPS) is 11.9. The first-order chi connectivity index (χ1) is 18.7. The van der Waals surface area contributed by atoms with Crippen LogP contribution in [0.15, 0.2) is 108 Å². The zero-order valence-corrected chi connectivity index (χ0v) is 22.4. The Morgan fingerprint density at radius 3 is 2.10 bits per heavy atom. The third-order valence-electron chi connectivity index (χ3n) is 6.18. The van der Waals surface area contributed by atoms with Gasteiger partial charge in [-0.1, -0.05) is 78.3 Å². The minimum atomic E-state index is -4.26. The van der Waals surface area contributed by atoms with Crippen LogP contribution in [0, 0.1) is 0 Å².